The van der Waals surface area contributed by atoms with Crippen LogP contribution >= 0.6 is 11.3 Å². The number of aromatic nitrogens is 1. The molecule has 0 saturated carbocycles. The molecule has 0 aliphatic carbocycles. The second kappa shape index (κ2) is 5.15. The first-order valence-electron chi connectivity index (χ1n) is 7.43. The Bertz CT molecular complexity index is 689. The smallest absolute Gasteiger partial charge is 0.228 e. The summed E-state index contributed by atoms with van der Waals surface area (Å²) in [4.78, 5) is 18.6. The van der Waals surface area contributed by atoms with Gasteiger partial charge >= 0.3 is 0 Å². The number of amides is 1. The molecule has 2 aliphatic heterocycles. The SMILES string of the molecule is O=C1Cc2cc(-c3csc(N4CCCCC4)n3)ccc2N1. The van der Waals surface area contributed by atoms with Crippen LogP contribution in [0.1, 0.15) is 24.8 Å². The molecule has 5 heteroatoms. The van der Waals surface area contributed by atoms with Crippen LogP contribution in [-0.2, 0) is 11.2 Å². The second-order valence-corrected chi connectivity index (χ2v) is 6.50. The highest BCUT2D eigenvalue weighted by atomic mass is 32.1. The Kier molecular flexibility index (Phi) is 3.15. The lowest BCUT2D eigenvalue weighted by Crippen LogP contribution is -2.29. The van der Waals surface area contributed by atoms with E-state index in [-0.39, 0.29) is 5.91 Å². The number of nitrogens with zero attached hydrogens (tertiary/aromatic N) is 2. The third-order valence-electron chi connectivity index (χ3n) is 4.14. The van der Waals surface area contributed by atoms with Gasteiger partial charge in [-0.3, -0.25) is 4.79 Å². The molecule has 2 aromatic rings. The summed E-state index contributed by atoms with van der Waals surface area (Å²) in [6.07, 6.45) is 4.34. The lowest BCUT2D eigenvalue weighted by Gasteiger charge is -2.25. The number of anilines is 2. The molecule has 4 nitrogen and oxygen atoms in total. The quantitative estimate of drug-likeness (QED) is 0.925. The van der Waals surface area contributed by atoms with Crippen molar-refractivity contribution in [3.8, 4) is 11.3 Å². The monoisotopic (exact) mass is 299 g/mol. The van der Waals surface area contributed by atoms with Gasteiger partial charge in [0.1, 0.15) is 0 Å². The zero-order chi connectivity index (χ0) is 14.2. The van der Waals surface area contributed by atoms with Crippen LogP contribution < -0.4 is 10.2 Å². The van der Waals surface area contributed by atoms with Crippen molar-refractivity contribution >= 4 is 28.1 Å². The molecule has 0 atom stereocenters. The molecule has 0 bridgehead atoms. The van der Waals surface area contributed by atoms with E-state index in [1.807, 2.05) is 12.1 Å². The maximum Gasteiger partial charge on any atom is 0.228 e. The van der Waals surface area contributed by atoms with E-state index in [1.165, 1.54) is 19.3 Å². The number of fused-ring (bicyclic) bond motifs is 1. The molecule has 1 aromatic carbocycles. The summed E-state index contributed by atoms with van der Waals surface area (Å²) >= 11 is 1.72. The van der Waals surface area contributed by atoms with Gasteiger partial charge in [0, 0.05) is 29.7 Å². The van der Waals surface area contributed by atoms with Crippen molar-refractivity contribution in [3.63, 3.8) is 0 Å². The molecule has 21 heavy (non-hydrogen) atoms. The number of thiazole rings is 1. The van der Waals surface area contributed by atoms with Crippen LogP contribution in [0.4, 0.5) is 10.8 Å². The van der Waals surface area contributed by atoms with E-state index in [9.17, 15) is 4.79 Å². The molecule has 4 rings (SSSR count). The highest BCUT2D eigenvalue weighted by Crippen LogP contribution is 2.32. The molecule has 1 amide bonds. The van der Waals surface area contributed by atoms with Crippen molar-refractivity contribution in [2.75, 3.05) is 23.3 Å². The minimum Gasteiger partial charge on any atom is -0.348 e. The van der Waals surface area contributed by atoms with Crippen molar-refractivity contribution in [2.24, 2.45) is 0 Å². The van der Waals surface area contributed by atoms with Crippen LogP contribution in [0.25, 0.3) is 11.3 Å². The molecule has 2 aliphatic rings. The number of nitrogens with one attached hydrogen (secondary N) is 1. The number of hydrogen-bond donors (Lipinski definition) is 1. The molecule has 1 fully saturated rings. The minimum absolute atomic E-state index is 0.0782. The van der Waals surface area contributed by atoms with E-state index in [2.05, 4.69) is 21.7 Å². The minimum atomic E-state index is 0.0782. The normalized spacial score (nSPS) is 17.7. The topological polar surface area (TPSA) is 45.2 Å². The predicted octanol–water partition coefficient (Wildman–Crippen LogP) is 3.30. The van der Waals surface area contributed by atoms with Crippen LogP contribution in [0, 0.1) is 0 Å². The average Bonchev–Trinajstić information content (AvgIpc) is 3.12. The number of carbonyl (C=O) groups is 1. The van der Waals surface area contributed by atoms with Crippen molar-refractivity contribution < 1.29 is 4.79 Å². The summed E-state index contributed by atoms with van der Waals surface area (Å²) < 4.78 is 0. The van der Waals surface area contributed by atoms with Gasteiger partial charge < -0.3 is 10.2 Å². The van der Waals surface area contributed by atoms with Gasteiger partial charge in [0.2, 0.25) is 5.91 Å². The maximum atomic E-state index is 11.4. The zero-order valence-corrected chi connectivity index (χ0v) is 12.6. The molecular weight excluding hydrogens is 282 g/mol. The van der Waals surface area contributed by atoms with Crippen LogP contribution in [-0.4, -0.2) is 24.0 Å². The Balaban J connectivity index is 1.61. The lowest BCUT2D eigenvalue weighted by atomic mass is 10.1. The molecule has 1 saturated heterocycles. The highest BCUT2D eigenvalue weighted by molar-refractivity contribution is 7.14. The first-order valence-corrected chi connectivity index (χ1v) is 8.31. The Hall–Kier alpha value is -1.88. The van der Waals surface area contributed by atoms with Crippen molar-refractivity contribution in [3.05, 3.63) is 29.1 Å². The number of rotatable bonds is 2. The summed E-state index contributed by atoms with van der Waals surface area (Å²) in [5.74, 6) is 0.0782. The number of benzene rings is 1. The third-order valence-corrected chi connectivity index (χ3v) is 5.05. The highest BCUT2D eigenvalue weighted by Gasteiger charge is 2.19. The van der Waals surface area contributed by atoms with Gasteiger partial charge in [0.05, 0.1) is 12.1 Å². The van der Waals surface area contributed by atoms with Gasteiger partial charge in [-0.05, 0) is 37.0 Å². The number of piperidine rings is 1. The Labute approximate surface area is 127 Å². The first kappa shape index (κ1) is 12.8. The van der Waals surface area contributed by atoms with Gasteiger partial charge in [-0.2, -0.15) is 0 Å². The second-order valence-electron chi connectivity index (χ2n) is 5.66. The van der Waals surface area contributed by atoms with E-state index in [0.717, 1.165) is 40.7 Å². The Morgan fingerprint density at radius 2 is 2.05 bits per heavy atom. The molecule has 1 aromatic heterocycles. The van der Waals surface area contributed by atoms with Gasteiger partial charge in [-0.1, -0.05) is 6.07 Å². The summed E-state index contributed by atoms with van der Waals surface area (Å²) in [5.41, 5.74) is 4.13. The molecule has 108 valence electrons. The average molecular weight is 299 g/mol. The van der Waals surface area contributed by atoms with Crippen molar-refractivity contribution in [1.29, 1.82) is 0 Å². The fourth-order valence-corrected chi connectivity index (χ4v) is 3.90. The van der Waals surface area contributed by atoms with Crippen molar-refractivity contribution in [2.45, 2.75) is 25.7 Å². The lowest BCUT2D eigenvalue weighted by molar-refractivity contribution is -0.115. The molecule has 1 N–H and O–H groups in total. The van der Waals surface area contributed by atoms with E-state index in [4.69, 9.17) is 4.98 Å². The standard InChI is InChI=1S/C16H17N3OS/c20-15-9-12-8-11(4-5-13(12)17-15)14-10-21-16(18-14)19-6-2-1-3-7-19/h4-5,8,10H,1-3,6-7,9H2,(H,17,20). The Morgan fingerprint density at radius 3 is 2.90 bits per heavy atom. The molecular formula is C16H17N3OS. The summed E-state index contributed by atoms with van der Waals surface area (Å²) in [5, 5.41) is 6.11. The van der Waals surface area contributed by atoms with Crippen LogP contribution in [0.15, 0.2) is 23.6 Å². The van der Waals surface area contributed by atoms with E-state index < -0.39 is 0 Å². The largest absolute Gasteiger partial charge is 0.348 e. The van der Waals surface area contributed by atoms with E-state index in [0.29, 0.717) is 6.42 Å². The third kappa shape index (κ3) is 2.42. The summed E-state index contributed by atoms with van der Waals surface area (Å²) in [7, 11) is 0. The van der Waals surface area contributed by atoms with E-state index in [1.54, 1.807) is 11.3 Å². The molecule has 0 radical (unpaired) electrons. The summed E-state index contributed by atoms with van der Waals surface area (Å²) in [6.45, 7) is 2.24. The maximum absolute atomic E-state index is 11.4. The van der Waals surface area contributed by atoms with Gasteiger partial charge in [-0.15, -0.1) is 11.3 Å². The predicted molar refractivity (Wildman–Crippen MR) is 85.9 cm³/mol. The van der Waals surface area contributed by atoms with Gasteiger partial charge in [-0.25, -0.2) is 4.98 Å². The molecule has 0 spiro atoms. The zero-order valence-electron chi connectivity index (χ0n) is 11.8. The molecule has 0 unspecified atom stereocenters. The van der Waals surface area contributed by atoms with Crippen molar-refractivity contribution in [1.82, 2.24) is 4.98 Å². The fraction of sp³-hybridized carbons (Fsp3) is 0.375. The summed E-state index contributed by atoms with van der Waals surface area (Å²) in [6, 6.07) is 6.11. The van der Waals surface area contributed by atoms with Crippen LogP contribution in [0.3, 0.4) is 0 Å². The van der Waals surface area contributed by atoms with Crippen LogP contribution in [0.5, 0.6) is 0 Å². The fourth-order valence-electron chi connectivity index (χ4n) is 3.02. The first-order chi connectivity index (χ1) is 10.3. The van der Waals surface area contributed by atoms with Gasteiger partial charge in [0.15, 0.2) is 5.13 Å². The molecule has 3 heterocycles. The number of hydrogen-bond acceptors (Lipinski definition) is 4. The van der Waals surface area contributed by atoms with Gasteiger partial charge in [0.25, 0.3) is 0 Å². The number of carbonyl (C=O) groups excluding carboxylic acids is 1. The van der Waals surface area contributed by atoms with Crippen LogP contribution in [0.2, 0.25) is 0 Å². The Morgan fingerprint density at radius 1 is 1.19 bits per heavy atom. The van der Waals surface area contributed by atoms with E-state index >= 15 is 0 Å².